The summed E-state index contributed by atoms with van der Waals surface area (Å²) in [4.78, 5) is 25.8. The van der Waals surface area contributed by atoms with E-state index in [0.29, 0.717) is 63.6 Å². The van der Waals surface area contributed by atoms with Crippen molar-refractivity contribution in [2.45, 2.75) is 69.6 Å². The molecular weight excluding hydrogens is 515 g/mol. The molecule has 0 saturated heterocycles. The highest BCUT2D eigenvalue weighted by Crippen LogP contribution is 2.39. The van der Waals surface area contributed by atoms with Crippen molar-refractivity contribution in [3.8, 4) is 6.07 Å². The number of carbonyl (C=O) groups excluding carboxylic acids is 1. The number of aliphatic hydroxyl groups excluding tert-OH is 1. The van der Waals surface area contributed by atoms with Crippen LogP contribution >= 0.6 is 23.2 Å². The van der Waals surface area contributed by atoms with Gasteiger partial charge in [0.1, 0.15) is 5.52 Å². The van der Waals surface area contributed by atoms with Gasteiger partial charge in [0.2, 0.25) is 17.8 Å². The van der Waals surface area contributed by atoms with E-state index in [2.05, 4.69) is 15.6 Å². The summed E-state index contributed by atoms with van der Waals surface area (Å²) in [5.74, 6) is 0.548. The van der Waals surface area contributed by atoms with Gasteiger partial charge in [-0.3, -0.25) is 9.36 Å². The van der Waals surface area contributed by atoms with Crippen molar-refractivity contribution in [3.63, 3.8) is 0 Å². The second-order valence-electron chi connectivity index (χ2n) is 9.83. The van der Waals surface area contributed by atoms with Gasteiger partial charge in [-0.1, -0.05) is 23.2 Å². The van der Waals surface area contributed by atoms with Gasteiger partial charge in [-0.05, 0) is 63.5 Å². The number of fused-ring (bicyclic) bond motifs is 1. The maximum atomic E-state index is 11.7. The molecule has 0 spiro atoms. The summed E-state index contributed by atoms with van der Waals surface area (Å²) in [6, 6.07) is 5.24. The number of nitriles is 1. The van der Waals surface area contributed by atoms with Gasteiger partial charge in [-0.2, -0.15) is 10.2 Å². The van der Waals surface area contributed by atoms with Crippen molar-refractivity contribution in [1.29, 1.82) is 5.26 Å². The summed E-state index contributed by atoms with van der Waals surface area (Å²) >= 11 is 12.9. The van der Waals surface area contributed by atoms with E-state index in [1.807, 2.05) is 10.6 Å². The molecule has 12 heteroatoms. The Kier molecular flexibility index (Phi) is 7.38. The number of primary amides is 1. The van der Waals surface area contributed by atoms with E-state index in [1.54, 1.807) is 18.3 Å². The Morgan fingerprint density at radius 1 is 1.14 bits per heavy atom. The average Bonchev–Trinajstić information content (AvgIpc) is 3.23. The number of aromatic nitrogens is 4. The lowest BCUT2D eigenvalue weighted by atomic mass is 9.85. The van der Waals surface area contributed by atoms with Crippen LogP contribution in [0.3, 0.4) is 0 Å². The maximum Gasteiger partial charge on any atom is 0.224 e. The zero-order valence-corrected chi connectivity index (χ0v) is 21.6. The molecule has 2 aliphatic rings. The first-order valence-electron chi connectivity index (χ1n) is 12.5. The zero-order chi connectivity index (χ0) is 26.1. The standard InChI is InChI=1S/C25H28Cl2N8O2/c26-18-8-13(11-28)9-19(27)21(18)33-25-32-20-12-30-24(31-15-2-1-3-17(36)10-15)34-23(20)35(25)16-6-4-14(5-7-16)22(29)37/h8-9,12,14-17,36H,1-7,10H2,(H2,29,37)(H,32,33)(H,30,31,34)/t14?,15-,16?,17?/m1/s1. The third-order valence-electron chi connectivity index (χ3n) is 7.28. The predicted octanol–water partition coefficient (Wildman–Crippen LogP) is 4.68. The van der Waals surface area contributed by atoms with Gasteiger partial charge in [0.25, 0.3) is 0 Å². The monoisotopic (exact) mass is 542 g/mol. The Balaban J connectivity index is 1.52. The Hall–Kier alpha value is -3.13. The Morgan fingerprint density at radius 3 is 2.51 bits per heavy atom. The van der Waals surface area contributed by atoms with E-state index in [-0.39, 0.29) is 30.0 Å². The number of carbonyl (C=O) groups is 1. The minimum Gasteiger partial charge on any atom is -0.393 e. The molecule has 0 radical (unpaired) electrons. The largest absolute Gasteiger partial charge is 0.393 e. The number of anilines is 3. The van der Waals surface area contributed by atoms with E-state index in [1.165, 1.54) is 0 Å². The molecule has 2 heterocycles. The first-order chi connectivity index (χ1) is 17.8. The minimum atomic E-state index is -0.321. The molecule has 194 valence electrons. The molecule has 2 atom stereocenters. The number of imidazole rings is 1. The summed E-state index contributed by atoms with van der Waals surface area (Å²) in [6.45, 7) is 0. The van der Waals surface area contributed by atoms with Crippen LogP contribution in [0.2, 0.25) is 10.0 Å². The summed E-state index contributed by atoms with van der Waals surface area (Å²) < 4.78 is 2.01. The van der Waals surface area contributed by atoms with Gasteiger partial charge in [-0.15, -0.1) is 0 Å². The number of hydrogen-bond acceptors (Lipinski definition) is 8. The molecule has 0 aliphatic heterocycles. The van der Waals surface area contributed by atoms with Crippen LogP contribution < -0.4 is 16.4 Å². The number of hydrogen-bond donors (Lipinski definition) is 4. The first-order valence-corrected chi connectivity index (χ1v) is 13.2. The highest BCUT2D eigenvalue weighted by Gasteiger charge is 2.30. The van der Waals surface area contributed by atoms with Gasteiger partial charge in [0.15, 0.2) is 5.65 Å². The molecule has 5 N–H and O–H groups in total. The number of amides is 1. The van der Waals surface area contributed by atoms with E-state index < -0.39 is 0 Å². The van der Waals surface area contributed by atoms with Gasteiger partial charge in [0, 0.05) is 18.0 Å². The fraction of sp³-hybridized carbons (Fsp3) is 0.480. The summed E-state index contributed by atoms with van der Waals surface area (Å²) in [7, 11) is 0. The maximum absolute atomic E-state index is 11.7. The van der Waals surface area contributed by atoms with Gasteiger partial charge >= 0.3 is 0 Å². The fourth-order valence-electron chi connectivity index (χ4n) is 5.36. The van der Waals surface area contributed by atoms with Crippen molar-refractivity contribution in [1.82, 2.24) is 19.5 Å². The van der Waals surface area contributed by atoms with Crippen molar-refractivity contribution in [3.05, 3.63) is 33.9 Å². The topological polar surface area (TPSA) is 155 Å². The third-order valence-corrected chi connectivity index (χ3v) is 7.88. The molecule has 2 saturated carbocycles. The molecule has 2 aliphatic carbocycles. The van der Waals surface area contributed by atoms with Crippen LogP contribution in [-0.4, -0.2) is 42.7 Å². The van der Waals surface area contributed by atoms with Crippen LogP contribution in [0.15, 0.2) is 18.3 Å². The highest BCUT2D eigenvalue weighted by molar-refractivity contribution is 6.39. The van der Waals surface area contributed by atoms with Crippen LogP contribution in [-0.2, 0) is 4.79 Å². The lowest BCUT2D eigenvalue weighted by molar-refractivity contribution is -0.122. The molecule has 2 fully saturated rings. The SMILES string of the molecule is N#Cc1cc(Cl)c(Nc2nc3cnc(N[C@@H]4CCCC(O)C4)nc3n2C2CCC(C(N)=O)CC2)c(Cl)c1. The van der Waals surface area contributed by atoms with Crippen molar-refractivity contribution >= 4 is 57.9 Å². The molecule has 2 aromatic heterocycles. The molecule has 0 bridgehead atoms. The molecule has 1 unspecified atom stereocenters. The first kappa shape index (κ1) is 25.5. The molecule has 1 aromatic carbocycles. The summed E-state index contributed by atoms with van der Waals surface area (Å²) in [5, 5.41) is 26.5. The summed E-state index contributed by atoms with van der Waals surface area (Å²) in [6.07, 6.45) is 7.51. The van der Waals surface area contributed by atoms with Crippen molar-refractivity contribution in [2.75, 3.05) is 10.6 Å². The number of aliphatic hydroxyl groups is 1. The molecule has 1 amide bonds. The van der Waals surface area contributed by atoms with Crippen LogP contribution in [0.5, 0.6) is 0 Å². The van der Waals surface area contributed by atoms with E-state index in [4.69, 9.17) is 38.9 Å². The lowest BCUT2D eigenvalue weighted by Gasteiger charge is -2.29. The Bertz CT molecular complexity index is 1340. The van der Waals surface area contributed by atoms with Crippen LogP contribution in [0.1, 0.15) is 63.0 Å². The molecular formula is C25H28Cl2N8O2. The minimum absolute atomic E-state index is 0.0123. The van der Waals surface area contributed by atoms with E-state index in [9.17, 15) is 15.2 Å². The Morgan fingerprint density at radius 2 is 1.86 bits per heavy atom. The second-order valence-corrected chi connectivity index (χ2v) is 10.6. The highest BCUT2D eigenvalue weighted by atomic mass is 35.5. The van der Waals surface area contributed by atoms with Crippen LogP contribution in [0, 0.1) is 17.2 Å². The third kappa shape index (κ3) is 5.44. The predicted molar refractivity (Wildman–Crippen MR) is 142 cm³/mol. The number of nitrogens with one attached hydrogen (secondary N) is 2. The number of nitrogens with two attached hydrogens (primary N) is 1. The number of rotatable bonds is 6. The van der Waals surface area contributed by atoms with Gasteiger partial charge in [0.05, 0.1) is 39.7 Å². The fourth-order valence-corrected chi connectivity index (χ4v) is 5.94. The molecule has 37 heavy (non-hydrogen) atoms. The van der Waals surface area contributed by atoms with E-state index >= 15 is 0 Å². The second kappa shape index (κ2) is 10.7. The number of nitrogens with zero attached hydrogens (tertiary/aromatic N) is 5. The van der Waals surface area contributed by atoms with Crippen LogP contribution in [0.4, 0.5) is 17.6 Å². The number of halogens is 2. The summed E-state index contributed by atoms with van der Waals surface area (Å²) in [5.41, 5.74) is 7.58. The average molecular weight is 543 g/mol. The van der Waals surface area contributed by atoms with Gasteiger partial charge in [-0.25, -0.2) is 9.97 Å². The quantitative estimate of drug-likeness (QED) is 0.349. The van der Waals surface area contributed by atoms with Crippen molar-refractivity contribution in [2.24, 2.45) is 11.7 Å². The molecule has 3 aromatic rings. The zero-order valence-electron chi connectivity index (χ0n) is 20.1. The normalized spacial score (nSPS) is 23.9. The lowest BCUT2D eigenvalue weighted by Crippen LogP contribution is -2.30. The van der Waals surface area contributed by atoms with Crippen molar-refractivity contribution < 1.29 is 9.90 Å². The molecule has 10 nitrogen and oxygen atoms in total. The smallest absolute Gasteiger partial charge is 0.224 e. The van der Waals surface area contributed by atoms with Gasteiger partial charge < -0.3 is 21.5 Å². The van der Waals surface area contributed by atoms with E-state index in [0.717, 1.165) is 32.1 Å². The van der Waals surface area contributed by atoms with Crippen LogP contribution in [0.25, 0.3) is 11.2 Å². The Labute approximate surface area is 224 Å². The molecule has 5 rings (SSSR count). The number of benzene rings is 1.